The molecule has 35 heavy (non-hydrogen) atoms. The van der Waals surface area contributed by atoms with E-state index in [-0.39, 0.29) is 28.6 Å². The van der Waals surface area contributed by atoms with E-state index in [4.69, 9.17) is 0 Å². The van der Waals surface area contributed by atoms with Gasteiger partial charge in [0.05, 0.1) is 22.2 Å². The Hall–Kier alpha value is -3.02. The lowest BCUT2D eigenvalue weighted by atomic mass is 10.1. The summed E-state index contributed by atoms with van der Waals surface area (Å²) in [7, 11) is -1.85. The first-order chi connectivity index (χ1) is 16.5. The molecule has 1 saturated heterocycles. The van der Waals surface area contributed by atoms with Crippen LogP contribution in [0.25, 0.3) is 10.9 Å². The number of fused-ring (bicyclic) bond motifs is 1. The number of likely N-dealkylation sites (N-methyl/N-ethyl adjacent to an activating group) is 1. The molecule has 2 aromatic heterocycles. The quantitative estimate of drug-likeness (QED) is 0.532. The van der Waals surface area contributed by atoms with Gasteiger partial charge in [0, 0.05) is 55.4 Å². The molecular weight excluding hydrogens is 468 g/mol. The Labute approximate surface area is 205 Å². The van der Waals surface area contributed by atoms with Gasteiger partial charge in [-0.2, -0.15) is 9.40 Å². The maximum absolute atomic E-state index is 13.5. The molecule has 3 aromatic rings. The van der Waals surface area contributed by atoms with Crippen LogP contribution in [-0.2, 0) is 16.6 Å². The van der Waals surface area contributed by atoms with Crippen molar-refractivity contribution in [2.75, 3.05) is 33.2 Å². The third kappa shape index (κ3) is 4.89. The second kappa shape index (κ2) is 9.56. The predicted octanol–water partition coefficient (Wildman–Crippen LogP) is 1.79. The Morgan fingerprint density at radius 2 is 1.83 bits per heavy atom. The lowest BCUT2D eigenvalue weighted by Gasteiger charge is -2.31. The summed E-state index contributed by atoms with van der Waals surface area (Å²) in [6, 6.07) is 4.83. The first-order valence-electron chi connectivity index (χ1n) is 11.7. The van der Waals surface area contributed by atoms with E-state index in [0.29, 0.717) is 42.6 Å². The van der Waals surface area contributed by atoms with Crippen LogP contribution in [0.2, 0.25) is 0 Å². The third-order valence-electron chi connectivity index (χ3n) is 6.44. The molecular formula is C24H32N6O4S. The van der Waals surface area contributed by atoms with Gasteiger partial charge in [0.1, 0.15) is 0 Å². The van der Waals surface area contributed by atoms with Gasteiger partial charge in [0.15, 0.2) is 0 Å². The van der Waals surface area contributed by atoms with Gasteiger partial charge in [-0.15, -0.1) is 0 Å². The minimum Gasteiger partial charge on any atom is -0.348 e. The molecule has 188 valence electrons. The van der Waals surface area contributed by atoms with Crippen LogP contribution >= 0.6 is 0 Å². The second-order valence-corrected chi connectivity index (χ2v) is 11.4. The molecule has 11 heteroatoms. The lowest BCUT2D eigenvalue weighted by Crippen LogP contribution is -2.47. The Kier molecular flexibility index (Phi) is 6.85. The minimum atomic E-state index is -3.81. The molecule has 2 N–H and O–H groups in total. The highest BCUT2D eigenvalue weighted by molar-refractivity contribution is 7.89. The molecule has 4 rings (SSSR count). The summed E-state index contributed by atoms with van der Waals surface area (Å²) in [4.78, 5) is 30.6. The van der Waals surface area contributed by atoms with Crippen molar-refractivity contribution >= 4 is 26.8 Å². The zero-order valence-corrected chi connectivity index (χ0v) is 21.6. The zero-order valence-electron chi connectivity index (χ0n) is 20.8. The van der Waals surface area contributed by atoms with Crippen LogP contribution in [0.1, 0.15) is 47.1 Å². The van der Waals surface area contributed by atoms with Gasteiger partial charge < -0.3 is 15.2 Å². The summed E-state index contributed by atoms with van der Waals surface area (Å²) in [5, 5.41) is 7.76. The standard InChI is InChI=1S/C24H32N6O4S/c1-15(2)30-22-12-18(35(33,34)29-8-6-28(5)7-9-29)11-19(21(22)14-26-30)23(31)25-13-20-16(3)10-17(4)27-24(20)32/h10-12,14-15H,6-9,13H2,1-5H3,(H,25,31)(H,27,32). The number of pyridine rings is 1. The monoisotopic (exact) mass is 500 g/mol. The van der Waals surface area contributed by atoms with Crippen molar-refractivity contribution in [1.29, 1.82) is 0 Å². The van der Waals surface area contributed by atoms with Crippen LogP contribution in [0.3, 0.4) is 0 Å². The normalized spacial score (nSPS) is 15.7. The number of sulfonamides is 1. The van der Waals surface area contributed by atoms with Crippen molar-refractivity contribution in [2.24, 2.45) is 0 Å². The van der Waals surface area contributed by atoms with Crippen molar-refractivity contribution in [1.82, 2.24) is 29.3 Å². The number of aryl methyl sites for hydroxylation is 2. The maximum atomic E-state index is 13.5. The molecule has 1 aromatic carbocycles. The molecule has 10 nitrogen and oxygen atoms in total. The highest BCUT2D eigenvalue weighted by Gasteiger charge is 2.30. The van der Waals surface area contributed by atoms with Crippen molar-refractivity contribution in [3.8, 4) is 0 Å². The molecule has 1 aliphatic rings. The number of carbonyl (C=O) groups excluding carboxylic acids is 1. The van der Waals surface area contributed by atoms with Crippen LogP contribution in [-0.4, -0.2) is 71.5 Å². The van der Waals surface area contributed by atoms with Crippen LogP contribution in [0.15, 0.2) is 34.1 Å². The molecule has 3 heterocycles. The Morgan fingerprint density at radius 1 is 1.14 bits per heavy atom. The van der Waals surface area contributed by atoms with Crippen molar-refractivity contribution in [2.45, 2.75) is 45.2 Å². The summed E-state index contributed by atoms with van der Waals surface area (Å²) in [5.41, 5.74) is 2.50. The number of nitrogens with one attached hydrogen (secondary N) is 2. The van der Waals surface area contributed by atoms with Gasteiger partial charge in [0.25, 0.3) is 11.5 Å². The third-order valence-corrected chi connectivity index (χ3v) is 8.32. The van der Waals surface area contributed by atoms with Gasteiger partial charge in [-0.3, -0.25) is 14.3 Å². The molecule has 1 amide bonds. The summed E-state index contributed by atoms with van der Waals surface area (Å²) >= 11 is 0. The Bertz CT molecular complexity index is 1430. The van der Waals surface area contributed by atoms with E-state index in [9.17, 15) is 18.0 Å². The largest absolute Gasteiger partial charge is 0.348 e. The number of amides is 1. The van der Waals surface area contributed by atoms with E-state index in [2.05, 4.69) is 20.3 Å². The van der Waals surface area contributed by atoms with Gasteiger partial charge in [-0.25, -0.2) is 8.42 Å². The molecule has 1 fully saturated rings. The fraction of sp³-hybridized carbons (Fsp3) is 0.458. The van der Waals surface area contributed by atoms with E-state index in [0.717, 1.165) is 11.3 Å². The number of hydrogen-bond donors (Lipinski definition) is 2. The molecule has 0 radical (unpaired) electrons. The average Bonchev–Trinajstić information content (AvgIpc) is 3.22. The molecule has 0 unspecified atom stereocenters. The topological polar surface area (TPSA) is 120 Å². The summed E-state index contributed by atoms with van der Waals surface area (Å²) in [5.74, 6) is -0.465. The number of benzene rings is 1. The predicted molar refractivity (Wildman–Crippen MR) is 134 cm³/mol. The van der Waals surface area contributed by atoms with E-state index in [1.807, 2.05) is 33.9 Å². The number of H-pyrrole nitrogens is 1. The molecule has 0 bridgehead atoms. The van der Waals surface area contributed by atoms with Crippen molar-refractivity contribution in [3.63, 3.8) is 0 Å². The van der Waals surface area contributed by atoms with Gasteiger partial charge in [-0.05, 0) is 58.5 Å². The molecule has 1 aliphatic heterocycles. The number of hydrogen-bond acceptors (Lipinski definition) is 6. The van der Waals surface area contributed by atoms with E-state index >= 15 is 0 Å². The Morgan fingerprint density at radius 3 is 2.46 bits per heavy atom. The summed E-state index contributed by atoms with van der Waals surface area (Å²) < 4.78 is 30.2. The van der Waals surface area contributed by atoms with Crippen LogP contribution in [0, 0.1) is 13.8 Å². The fourth-order valence-corrected chi connectivity index (χ4v) is 5.88. The highest BCUT2D eigenvalue weighted by Crippen LogP contribution is 2.28. The maximum Gasteiger partial charge on any atom is 0.253 e. The summed E-state index contributed by atoms with van der Waals surface area (Å²) in [6.07, 6.45) is 1.58. The molecule has 0 saturated carbocycles. The van der Waals surface area contributed by atoms with E-state index < -0.39 is 15.9 Å². The van der Waals surface area contributed by atoms with Crippen molar-refractivity contribution in [3.05, 3.63) is 57.1 Å². The fourth-order valence-electron chi connectivity index (χ4n) is 4.41. The first kappa shape index (κ1) is 25.1. The van der Waals surface area contributed by atoms with Crippen LogP contribution in [0.4, 0.5) is 0 Å². The number of rotatable bonds is 6. The number of aromatic amines is 1. The lowest BCUT2D eigenvalue weighted by molar-refractivity contribution is 0.0952. The molecule has 0 aliphatic carbocycles. The van der Waals surface area contributed by atoms with E-state index in [1.54, 1.807) is 23.9 Å². The average molecular weight is 501 g/mol. The zero-order chi connectivity index (χ0) is 25.5. The van der Waals surface area contributed by atoms with Gasteiger partial charge in [-0.1, -0.05) is 0 Å². The smallest absolute Gasteiger partial charge is 0.253 e. The first-order valence-corrected chi connectivity index (χ1v) is 13.1. The van der Waals surface area contributed by atoms with Crippen molar-refractivity contribution < 1.29 is 13.2 Å². The molecule has 0 spiro atoms. The van der Waals surface area contributed by atoms with Crippen LogP contribution < -0.4 is 10.9 Å². The molecule has 0 atom stereocenters. The van der Waals surface area contributed by atoms with E-state index in [1.165, 1.54) is 10.4 Å². The number of carbonyl (C=O) groups is 1. The highest BCUT2D eigenvalue weighted by atomic mass is 32.2. The second-order valence-electron chi connectivity index (χ2n) is 9.42. The number of piperazine rings is 1. The number of nitrogens with zero attached hydrogens (tertiary/aromatic N) is 4. The van der Waals surface area contributed by atoms with Gasteiger partial charge in [0.2, 0.25) is 10.0 Å². The Balaban J connectivity index is 1.74. The number of aromatic nitrogens is 3. The SMILES string of the molecule is Cc1cc(C)c(CNC(=O)c2cc(S(=O)(=O)N3CCN(C)CC3)cc3c2cnn3C(C)C)c(=O)[nH]1. The summed E-state index contributed by atoms with van der Waals surface area (Å²) in [6.45, 7) is 9.58. The minimum absolute atomic E-state index is 0.0233. The van der Waals surface area contributed by atoms with Crippen LogP contribution in [0.5, 0.6) is 0 Å². The van der Waals surface area contributed by atoms with Gasteiger partial charge >= 0.3 is 0 Å².